The summed E-state index contributed by atoms with van der Waals surface area (Å²) in [5, 5.41) is 8.52. The van der Waals surface area contributed by atoms with Crippen LogP contribution in [0.5, 0.6) is 0 Å². The van der Waals surface area contributed by atoms with Crippen molar-refractivity contribution in [3.05, 3.63) is 60.8 Å². The molecule has 0 heterocycles. The Hall–Kier alpha value is -1.83. The smallest absolute Gasteiger partial charge is 0.303 e. The lowest BCUT2D eigenvalue weighted by atomic mass is 10.1. The number of hydrogen-bond acceptors (Lipinski definition) is 1. The third-order valence-electron chi connectivity index (χ3n) is 3.42. The molecule has 0 bridgehead atoms. The second-order valence-corrected chi connectivity index (χ2v) is 5.70. The van der Waals surface area contributed by atoms with E-state index in [0.717, 1.165) is 57.8 Å². The third kappa shape index (κ3) is 20.2. The van der Waals surface area contributed by atoms with Gasteiger partial charge in [-0.25, -0.2) is 0 Å². The van der Waals surface area contributed by atoms with Gasteiger partial charge in [-0.15, -0.1) is 0 Å². The van der Waals surface area contributed by atoms with Crippen LogP contribution < -0.4 is 0 Å². The molecule has 0 unspecified atom stereocenters. The Labute approximate surface area is 148 Å². The molecule has 0 saturated carbocycles. The standard InChI is InChI=1S/C22H34O2/c1-2-3-4-5-6-7-8-9-10-11-12-13-14-15-16-17-18-19-20-21-22(23)24/h3-4,6-7,9-10,12-13,15-16H,2,5,8,11,14,17-21H2,1H3,(H,23,24)/b4-3-,7-6-,10-9-,13-12-,16-15?. The topological polar surface area (TPSA) is 37.3 Å². The first-order chi connectivity index (χ1) is 11.8. The molecule has 134 valence electrons. The first-order valence-corrected chi connectivity index (χ1v) is 9.24. The highest BCUT2D eigenvalue weighted by molar-refractivity contribution is 5.66. The van der Waals surface area contributed by atoms with Crippen molar-refractivity contribution in [3.63, 3.8) is 0 Å². The molecule has 0 aliphatic heterocycles. The van der Waals surface area contributed by atoms with Gasteiger partial charge in [0.1, 0.15) is 0 Å². The fraction of sp³-hybridized carbons (Fsp3) is 0.500. The van der Waals surface area contributed by atoms with Crippen LogP contribution in [0.15, 0.2) is 60.8 Å². The van der Waals surface area contributed by atoms with E-state index in [4.69, 9.17) is 5.11 Å². The Morgan fingerprint density at radius 3 is 1.58 bits per heavy atom. The number of unbranched alkanes of at least 4 members (excludes halogenated alkanes) is 3. The molecule has 0 amide bonds. The third-order valence-corrected chi connectivity index (χ3v) is 3.42. The molecule has 2 heteroatoms. The monoisotopic (exact) mass is 330 g/mol. The van der Waals surface area contributed by atoms with Gasteiger partial charge in [0.15, 0.2) is 0 Å². The number of carboxylic acids is 1. The first-order valence-electron chi connectivity index (χ1n) is 9.24. The average Bonchev–Trinajstić information content (AvgIpc) is 2.56. The SMILES string of the molecule is CC/C=C\C/C=C\C/C=C\C/C=C\CC=CCCCCCC(=O)O. The lowest BCUT2D eigenvalue weighted by molar-refractivity contribution is -0.137. The Balaban J connectivity index is 3.42. The van der Waals surface area contributed by atoms with Crippen molar-refractivity contribution in [1.82, 2.24) is 0 Å². The molecule has 0 aliphatic carbocycles. The van der Waals surface area contributed by atoms with Crippen molar-refractivity contribution >= 4 is 5.97 Å². The maximum atomic E-state index is 10.3. The van der Waals surface area contributed by atoms with Crippen LogP contribution in [0.1, 0.15) is 71.1 Å². The predicted molar refractivity (Wildman–Crippen MR) is 105 cm³/mol. The molecule has 0 saturated heterocycles. The summed E-state index contributed by atoms with van der Waals surface area (Å²) >= 11 is 0. The van der Waals surface area contributed by atoms with E-state index in [1.165, 1.54) is 0 Å². The van der Waals surface area contributed by atoms with Crippen molar-refractivity contribution in [2.45, 2.75) is 71.1 Å². The van der Waals surface area contributed by atoms with E-state index in [1.54, 1.807) is 0 Å². The lowest BCUT2D eigenvalue weighted by Crippen LogP contribution is -1.93. The zero-order chi connectivity index (χ0) is 17.7. The van der Waals surface area contributed by atoms with Gasteiger partial charge in [-0.2, -0.15) is 0 Å². The second-order valence-electron chi connectivity index (χ2n) is 5.70. The van der Waals surface area contributed by atoms with Gasteiger partial charge >= 0.3 is 5.97 Å². The summed E-state index contributed by atoms with van der Waals surface area (Å²) in [6.45, 7) is 2.15. The highest BCUT2D eigenvalue weighted by Crippen LogP contribution is 2.04. The molecule has 0 aromatic rings. The molecule has 1 N–H and O–H groups in total. The van der Waals surface area contributed by atoms with E-state index in [-0.39, 0.29) is 0 Å². The fourth-order valence-corrected chi connectivity index (χ4v) is 2.08. The molecule has 0 aromatic carbocycles. The normalized spacial score (nSPS) is 12.7. The minimum atomic E-state index is -0.690. The number of allylic oxidation sites excluding steroid dienone is 10. The number of aliphatic carboxylic acids is 1. The van der Waals surface area contributed by atoms with E-state index in [2.05, 4.69) is 67.7 Å². The van der Waals surface area contributed by atoms with Gasteiger partial charge < -0.3 is 5.11 Å². The zero-order valence-corrected chi connectivity index (χ0v) is 15.2. The number of hydrogen-bond donors (Lipinski definition) is 1. The van der Waals surface area contributed by atoms with Gasteiger partial charge in [0, 0.05) is 6.42 Å². The summed E-state index contributed by atoms with van der Waals surface area (Å²) in [6, 6.07) is 0. The molecule has 0 radical (unpaired) electrons. The molecule has 0 rings (SSSR count). The summed E-state index contributed by atoms with van der Waals surface area (Å²) in [6.07, 6.45) is 31.3. The molecule has 0 fully saturated rings. The maximum Gasteiger partial charge on any atom is 0.303 e. The summed E-state index contributed by atoms with van der Waals surface area (Å²) < 4.78 is 0. The van der Waals surface area contributed by atoms with Crippen LogP contribution in [-0.4, -0.2) is 11.1 Å². The lowest BCUT2D eigenvalue weighted by Gasteiger charge is -1.94. The average molecular weight is 331 g/mol. The van der Waals surface area contributed by atoms with Crippen LogP contribution in [0, 0.1) is 0 Å². The van der Waals surface area contributed by atoms with Crippen LogP contribution in [-0.2, 0) is 4.79 Å². The van der Waals surface area contributed by atoms with Crippen LogP contribution in [0.25, 0.3) is 0 Å². The number of rotatable bonds is 15. The summed E-state index contributed by atoms with van der Waals surface area (Å²) in [4.78, 5) is 10.3. The quantitative estimate of drug-likeness (QED) is 0.265. The van der Waals surface area contributed by atoms with Crippen molar-refractivity contribution in [2.75, 3.05) is 0 Å². The first kappa shape index (κ1) is 22.2. The molecule has 0 spiro atoms. The Kier molecular flexibility index (Phi) is 17.8. The Bertz CT molecular complexity index is 425. The van der Waals surface area contributed by atoms with Crippen molar-refractivity contribution in [1.29, 1.82) is 0 Å². The van der Waals surface area contributed by atoms with Gasteiger partial charge in [0.2, 0.25) is 0 Å². The Morgan fingerprint density at radius 1 is 0.667 bits per heavy atom. The van der Waals surface area contributed by atoms with E-state index >= 15 is 0 Å². The number of carboxylic acid groups (broad SMARTS) is 1. The molecule has 24 heavy (non-hydrogen) atoms. The fourth-order valence-electron chi connectivity index (χ4n) is 2.08. The summed E-state index contributed by atoms with van der Waals surface area (Å²) in [7, 11) is 0. The van der Waals surface area contributed by atoms with Crippen molar-refractivity contribution in [2.24, 2.45) is 0 Å². The molecule has 0 aliphatic rings. The molecule has 2 nitrogen and oxygen atoms in total. The maximum absolute atomic E-state index is 10.3. The highest BCUT2D eigenvalue weighted by Gasteiger charge is 1.94. The van der Waals surface area contributed by atoms with E-state index < -0.39 is 5.97 Å². The van der Waals surface area contributed by atoms with E-state index in [9.17, 15) is 4.79 Å². The van der Waals surface area contributed by atoms with E-state index in [1.807, 2.05) is 0 Å². The van der Waals surface area contributed by atoms with Gasteiger partial charge in [0.05, 0.1) is 0 Å². The van der Waals surface area contributed by atoms with Gasteiger partial charge in [-0.3, -0.25) is 4.79 Å². The minimum Gasteiger partial charge on any atom is -0.481 e. The van der Waals surface area contributed by atoms with Gasteiger partial charge in [0.25, 0.3) is 0 Å². The van der Waals surface area contributed by atoms with E-state index in [0.29, 0.717) is 6.42 Å². The van der Waals surface area contributed by atoms with Crippen LogP contribution in [0.2, 0.25) is 0 Å². The highest BCUT2D eigenvalue weighted by atomic mass is 16.4. The molecular formula is C22H34O2. The number of carbonyl (C=O) groups is 1. The van der Waals surface area contributed by atoms with Gasteiger partial charge in [-0.1, -0.05) is 74.1 Å². The van der Waals surface area contributed by atoms with Crippen LogP contribution in [0.3, 0.4) is 0 Å². The largest absolute Gasteiger partial charge is 0.481 e. The minimum absolute atomic E-state index is 0.297. The van der Waals surface area contributed by atoms with Crippen LogP contribution in [0.4, 0.5) is 0 Å². The summed E-state index contributed by atoms with van der Waals surface area (Å²) in [5.74, 6) is -0.690. The molecule has 0 aromatic heterocycles. The predicted octanol–water partition coefficient (Wildman–Crippen LogP) is 6.77. The molecule has 0 atom stereocenters. The van der Waals surface area contributed by atoms with Crippen LogP contribution >= 0.6 is 0 Å². The van der Waals surface area contributed by atoms with Crippen molar-refractivity contribution in [3.8, 4) is 0 Å². The van der Waals surface area contributed by atoms with Crippen molar-refractivity contribution < 1.29 is 9.90 Å². The van der Waals surface area contributed by atoms with Gasteiger partial charge in [-0.05, 0) is 51.4 Å². The summed E-state index contributed by atoms with van der Waals surface area (Å²) in [5.41, 5.74) is 0. The molecular weight excluding hydrogens is 296 g/mol. The zero-order valence-electron chi connectivity index (χ0n) is 15.2. The second kappa shape index (κ2) is 19.2. The Morgan fingerprint density at radius 2 is 1.12 bits per heavy atom.